The molecular weight excluding hydrogens is 543 g/mol. The van der Waals surface area contributed by atoms with Gasteiger partial charge in [-0.2, -0.15) is 13.2 Å². The van der Waals surface area contributed by atoms with E-state index in [2.05, 4.69) is 19.9 Å². The van der Waals surface area contributed by atoms with E-state index >= 15 is 0 Å². The fourth-order valence-electron chi connectivity index (χ4n) is 4.71. The number of carbonyl (C=O) groups excluding carboxylic acids is 2. The zero-order valence-corrected chi connectivity index (χ0v) is 21.3. The Balaban J connectivity index is 1.36. The second kappa shape index (κ2) is 10.5. The minimum absolute atomic E-state index is 0.0291. The summed E-state index contributed by atoms with van der Waals surface area (Å²) in [5, 5.41) is 3.67. The van der Waals surface area contributed by atoms with Gasteiger partial charge in [0, 0.05) is 41.8 Å². The predicted octanol–water partition coefficient (Wildman–Crippen LogP) is 0.616. The van der Waals surface area contributed by atoms with E-state index in [-0.39, 0.29) is 29.6 Å². The van der Waals surface area contributed by atoms with Crippen LogP contribution in [0.4, 0.5) is 19.0 Å². The minimum atomic E-state index is -5.28. The van der Waals surface area contributed by atoms with Gasteiger partial charge in [0.2, 0.25) is 10.0 Å². The lowest BCUT2D eigenvalue weighted by Crippen LogP contribution is -2.55. The van der Waals surface area contributed by atoms with Crippen LogP contribution in [0.25, 0.3) is 10.9 Å². The highest BCUT2D eigenvalue weighted by atomic mass is 32.2. The first-order valence-corrected chi connectivity index (χ1v) is 13.6. The summed E-state index contributed by atoms with van der Waals surface area (Å²) in [4.78, 5) is 32.7. The average Bonchev–Trinajstić information content (AvgIpc) is 3.32. The van der Waals surface area contributed by atoms with Gasteiger partial charge in [-0.25, -0.2) is 22.8 Å². The van der Waals surface area contributed by atoms with Gasteiger partial charge in [0.05, 0.1) is 13.2 Å². The molecule has 1 fully saturated rings. The number of pyridine rings is 1. The minimum Gasteiger partial charge on any atom is -0.373 e. The van der Waals surface area contributed by atoms with Crippen LogP contribution in [0, 0.1) is 0 Å². The van der Waals surface area contributed by atoms with Crippen molar-refractivity contribution in [1.29, 1.82) is 0 Å². The van der Waals surface area contributed by atoms with E-state index < -0.39 is 22.2 Å². The van der Waals surface area contributed by atoms with Crippen LogP contribution in [0.3, 0.4) is 0 Å². The Hall–Kier alpha value is -3.69. The molecule has 0 radical (unpaired) electrons. The first-order chi connectivity index (χ1) is 18.5. The fraction of sp³-hybridized carbons (Fsp3) is 0.375. The van der Waals surface area contributed by atoms with Crippen molar-refractivity contribution >= 4 is 38.6 Å². The molecule has 1 saturated heterocycles. The van der Waals surface area contributed by atoms with Crippen molar-refractivity contribution < 1.29 is 45.5 Å². The predicted molar refractivity (Wildman–Crippen MR) is 131 cm³/mol. The Labute approximate surface area is 220 Å². The molecule has 2 aromatic heterocycles. The van der Waals surface area contributed by atoms with E-state index in [0.717, 1.165) is 28.2 Å². The smallest absolute Gasteiger partial charge is 0.373 e. The van der Waals surface area contributed by atoms with Crippen LogP contribution in [0.1, 0.15) is 21.5 Å². The number of rotatable bonds is 7. The van der Waals surface area contributed by atoms with E-state index in [1.165, 1.54) is 12.1 Å². The van der Waals surface area contributed by atoms with E-state index in [1.54, 1.807) is 23.2 Å². The molecule has 15 heteroatoms. The van der Waals surface area contributed by atoms with Crippen LogP contribution in [0.15, 0.2) is 41.6 Å². The summed E-state index contributed by atoms with van der Waals surface area (Å²) < 4.78 is 73.0. The summed E-state index contributed by atoms with van der Waals surface area (Å²) in [6.07, 6.45) is -1.76. The standard InChI is InChI=1S/C24H24F3N5O6S/c25-24(26,27)23(34)38-32-14-16(1-4-20(32)31-9-11-37-12-10-31)39(35,36)30-8-5-15-13-29-19-3-2-18-17(21(15)19)6-7-28-22(18)33/h1-4,13-14,30H,5-12H2,(H-,28,29,33)/p+1. The Morgan fingerprint density at radius 2 is 1.95 bits per heavy atom. The molecule has 5 rings (SSSR count). The highest BCUT2D eigenvalue weighted by molar-refractivity contribution is 7.89. The van der Waals surface area contributed by atoms with Gasteiger partial charge in [-0.15, -0.1) is 0 Å². The molecule has 0 unspecified atom stereocenters. The van der Waals surface area contributed by atoms with Crippen LogP contribution in [-0.2, 0) is 32.4 Å². The Bertz CT molecular complexity index is 1530. The van der Waals surface area contributed by atoms with Crippen molar-refractivity contribution in [3.63, 3.8) is 0 Å². The number of anilines is 1. The van der Waals surface area contributed by atoms with E-state index in [0.29, 0.717) is 49.6 Å². The first-order valence-electron chi connectivity index (χ1n) is 12.1. The average molecular weight is 569 g/mol. The molecule has 11 nitrogen and oxygen atoms in total. The number of benzene rings is 1. The second-order valence-corrected chi connectivity index (χ2v) is 10.8. The zero-order chi connectivity index (χ0) is 27.8. The Morgan fingerprint density at radius 1 is 1.18 bits per heavy atom. The van der Waals surface area contributed by atoms with Gasteiger partial charge in [-0.05, 0) is 46.9 Å². The number of carbonyl (C=O) groups is 2. The third kappa shape index (κ3) is 5.55. The number of H-pyrrole nitrogens is 1. The summed E-state index contributed by atoms with van der Waals surface area (Å²) in [6, 6.07) is 6.05. The number of morpholine rings is 1. The van der Waals surface area contributed by atoms with Gasteiger partial charge in [0.25, 0.3) is 5.91 Å². The lowest BCUT2D eigenvalue weighted by Gasteiger charge is -2.23. The third-order valence-electron chi connectivity index (χ3n) is 6.55. The van der Waals surface area contributed by atoms with Gasteiger partial charge in [0.15, 0.2) is 6.20 Å². The maximum absolute atomic E-state index is 13.0. The van der Waals surface area contributed by atoms with Gasteiger partial charge in [0.1, 0.15) is 18.0 Å². The molecule has 3 aromatic rings. The van der Waals surface area contributed by atoms with Crippen molar-refractivity contribution in [2.24, 2.45) is 0 Å². The SMILES string of the molecule is O=C1NCCc2c1ccc1[nH]cc(CCNS(=O)(=O)c3ccc(N4CCOCC4)[n+](OC(=O)C(F)(F)F)c3)c21. The number of nitrogens with one attached hydrogen (secondary N) is 3. The third-order valence-corrected chi connectivity index (χ3v) is 8.00. The number of hydrogen-bond donors (Lipinski definition) is 3. The van der Waals surface area contributed by atoms with E-state index in [9.17, 15) is 31.2 Å². The molecule has 0 saturated carbocycles. The summed E-state index contributed by atoms with van der Waals surface area (Å²) in [5.41, 5.74) is 3.11. The number of fused-ring (bicyclic) bond motifs is 3. The topological polar surface area (TPSA) is 134 Å². The van der Waals surface area contributed by atoms with Crippen LogP contribution >= 0.6 is 0 Å². The molecule has 0 spiro atoms. The molecule has 4 heterocycles. The highest BCUT2D eigenvalue weighted by Gasteiger charge is 2.44. The fourth-order valence-corrected chi connectivity index (χ4v) is 5.73. The molecule has 0 bridgehead atoms. The molecule has 3 N–H and O–H groups in total. The molecule has 1 aromatic carbocycles. The van der Waals surface area contributed by atoms with Crippen molar-refractivity contribution in [3.05, 3.63) is 53.3 Å². The Kier molecular flexibility index (Phi) is 7.22. The number of hydrogen-bond acceptors (Lipinski definition) is 7. The number of ether oxygens (including phenoxy) is 1. The summed E-state index contributed by atoms with van der Waals surface area (Å²) >= 11 is 0. The molecule has 2 aliphatic rings. The molecule has 0 aliphatic carbocycles. The lowest BCUT2D eigenvalue weighted by molar-refractivity contribution is -0.861. The van der Waals surface area contributed by atoms with Crippen LogP contribution in [-0.4, -0.2) is 70.8 Å². The van der Waals surface area contributed by atoms with E-state index in [4.69, 9.17) is 4.74 Å². The number of aromatic amines is 1. The first kappa shape index (κ1) is 26.9. The second-order valence-electron chi connectivity index (χ2n) is 9.01. The normalized spacial score (nSPS) is 16.2. The monoisotopic (exact) mass is 568 g/mol. The van der Waals surface area contributed by atoms with E-state index in [1.807, 2.05) is 0 Å². The van der Waals surface area contributed by atoms with Crippen LogP contribution in [0.5, 0.6) is 0 Å². The number of amides is 1. The molecule has 39 heavy (non-hydrogen) atoms. The molecule has 0 atom stereocenters. The van der Waals surface area contributed by atoms with Gasteiger partial charge < -0.3 is 15.0 Å². The number of aromatic nitrogens is 2. The molecule has 208 valence electrons. The summed E-state index contributed by atoms with van der Waals surface area (Å²) in [5.74, 6) is -2.57. The van der Waals surface area contributed by atoms with Gasteiger partial charge in [-0.1, -0.05) is 0 Å². The quantitative estimate of drug-likeness (QED) is 0.356. The maximum atomic E-state index is 13.0. The van der Waals surface area contributed by atoms with Gasteiger partial charge in [-0.3, -0.25) is 9.69 Å². The van der Waals surface area contributed by atoms with Gasteiger partial charge >= 0.3 is 18.0 Å². The molecular formula is C24H25F3N5O6S+. The maximum Gasteiger partial charge on any atom is 0.495 e. The summed E-state index contributed by atoms with van der Waals surface area (Å²) in [7, 11) is -4.20. The zero-order valence-electron chi connectivity index (χ0n) is 20.5. The molecule has 2 aliphatic heterocycles. The summed E-state index contributed by atoms with van der Waals surface area (Å²) in [6.45, 7) is 1.70. The van der Waals surface area contributed by atoms with Crippen molar-refractivity contribution in [2.45, 2.75) is 23.9 Å². The number of nitrogens with zero attached hydrogens (tertiary/aromatic N) is 2. The molecule has 1 amide bonds. The largest absolute Gasteiger partial charge is 0.495 e. The lowest BCUT2D eigenvalue weighted by atomic mass is 9.94. The van der Waals surface area contributed by atoms with Crippen LogP contribution in [0.2, 0.25) is 0 Å². The van der Waals surface area contributed by atoms with Crippen LogP contribution < -0.4 is 24.5 Å². The Morgan fingerprint density at radius 3 is 2.69 bits per heavy atom. The number of halogens is 3. The number of sulfonamides is 1. The van der Waals surface area contributed by atoms with Crippen molar-refractivity contribution in [1.82, 2.24) is 15.0 Å². The highest BCUT2D eigenvalue weighted by Crippen LogP contribution is 2.28. The number of alkyl halides is 3. The van der Waals surface area contributed by atoms with Crippen molar-refractivity contribution in [3.8, 4) is 0 Å². The van der Waals surface area contributed by atoms with Crippen molar-refractivity contribution in [2.75, 3.05) is 44.3 Å².